The van der Waals surface area contributed by atoms with E-state index in [9.17, 15) is 52.8 Å². The van der Waals surface area contributed by atoms with Crippen molar-refractivity contribution in [2.75, 3.05) is 12.4 Å². The van der Waals surface area contributed by atoms with Crippen LogP contribution in [0.4, 0.5) is 37.2 Å². The van der Waals surface area contributed by atoms with E-state index in [0.717, 1.165) is 12.1 Å². The molecule has 0 amide bonds. The largest absolute Gasteiger partial charge is 0.505 e. The number of nitrogens with zero attached hydrogens (tertiary/aromatic N) is 4. The molecule has 5 N–H and O–H groups in total. The van der Waals surface area contributed by atoms with Crippen LogP contribution in [0.2, 0.25) is 0 Å². The second kappa shape index (κ2) is 11.6. The summed E-state index contributed by atoms with van der Waals surface area (Å²) >= 11 is 0. The number of hydrogen-bond acceptors (Lipinski definition) is 12. The molecule has 0 atom stereocenters. The lowest BCUT2D eigenvalue weighted by molar-refractivity contribution is 0.469. The van der Waals surface area contributed by atoms with E-state index in [1.807, 2.05) is 0 Å². The molecule has 232 valence electrons. The molecule has 0 unspecified atom stereocenters. The van der Waals surface area contributed by atoms with Crippen LogP contribution in [0.1, 0.15) is 5.56 Å². The summed E-state index contributed by atoms with van der Waals surface area (Å²) in [5, 5.41) is 27.9. The van der Waals surface area contributed by atoms with Gasteiger partial charge in [-0.05, 0) is 42.8 Å². The highest BCUT2D eigenvalue weighted by molar-refractivity contribution is 7.86. The van der Waals surface area contributed by atoms with Crippen molar-refractivity contribution < 1.29 is 52.8 Å². The second-order valence-corrected chi connectivity index (χ2v) is 13.0. The van der Waals surface area contributed by atoms with Crippen molar-refractivity contribution in [2.24, 2.45) is 20.5 Å². The first kappa shape index (κ1) is 32.4. The van der Waals surface area contributed by atoms with E-state index in [4.69, 9.17) is 0 Å². The highest BCUT2D eigenvalue weighted by atomic mass is 32.2. The van der Waals surface area contributed by atoms with Gasteiger partial charge in [0.05, 0.1) is 5.69 Å². The van der Waals surface area contributed by atoms with Gasteiger partial charge in [-0.1, -0.05) is 6.07 Å². The molecule has 0 radical (unpaired) electrons. The maximum absolute atomic E-state index is 14.2. The first-order chi connectivity index (χ1) is 20.3. The van der Waals surface area contributed by atoms with Gasteiger partial charge in [0.1, 0.15) is 44.2 Å². The van der Waals surface area contributed by atoms with E-state index in [1.165, 1.54) is 31.3 Å². The highest BCUT2D eigenvalue weighted by Gasteiger charge is 2.26. The Labute approximate surface area is 247 Å². The van der Waals surface area contributed by atoms with Gasteiger partial charge in [0, 0.05) is 30.0 Å². The molecule has 15 nitrogen and oxygen atoms in total. The Kier molecular flexibility index (Phi) is 8.52. The molecule has 0 saturated heterocycles. The number of azo groups is 2. The number of fused-ring (bicyclic) bond motifs is 1. The van der Waals surface area contributed by atoms with E-state index in [2.05, 4.69) is 25.8 Å². The molecule has 0 aliphatic heterocycles. The summed E-state index contributed by atoms with van der Waals surface area (Å²) in [5.74, 6) is -4.08. The standard InChI is InChI=1S/C24H19F2N5O10S3/c1-11-3-5-16(19(7-11)42(33,34)35)28-30-21-14-10-20(43(36,37)38)22(23(32)13(14)4-6-17(21)27-2)31-29-18-9-12(25)8-15(26)24(18)44(39,40)41/h3-10,27,32H,1-2H3,(H,33,34,35)(H,36,37,38)(H,39,40,41). The molecule has 4 rings (SSSR count). The zero-order chi connectivity index (χ0) is 32.8. The van der Waals surface area contributed by atoms with Crippen LogP contribution in [-0.2, 0) is 30.4 Å². The van der Waals surface area contributed by atoms with Crippen LogP contribution in [0.15, 0.2) is 83.7 Å². The summed E-state index contributed by atoms with van der Waals surface area (Å²) in [6, 6.07) is 7.66. The van der Waals surface area contributed by atoms with Crippen LogP contribution in [0.3, 0.4) is 0 Å². The van der Waals surface area contributed by atoms with Gasteiger partial charge in [-0.2, -0.15) is 25.3 Å². The molecule has 4 aromatic carbocycles. The molecule has 0 aliphatic rings. The molecule has 0 bridgehead atoms. The van der Waals surface area contributed by atoms with Crippen molar-refractivity contribution in [2.45, 2.75) is 21.6 Å². The first-order valence-electron chi connectivity index (χ1n) is 11.7. The van der Waals surface area contributed by atoms with Crippen molar-refractivity contribution in [1.29, 1.82) is 0 Å². The van der Waals surface area contributed by atoms with Crippen LogP contribution in [-0.4, -0.2) is 51.1 Å². The molecule has 20 heteroatoms. The molecule has 0 spiro atoms. The Balaban J connectivity index is 2.01. The number of halogens is 2. The van der Waals surface area contributed by atoms with Crippen LogP contribution < -0.4 is 5.32 Å². The third-order valence-electron chi connectivity index (χ3n) is 5.91. The van der Waals surface area contributed by atoms with Gasteiger partial charge in [-0.15, -0.1) is 20.5 Å². The van der Waals surface area contributed by atoms with Crippen LogP contribution in [0.25, 0.3) is 10.8 Å². The molecule has 4 aromatic rings. The summed E-state index contributed by atoms with van der Waals surface area (Å²) in [6.45, 7) is 1.56. The lowest BCUT2D eigenvalue weighted by Crippen LogP contribution is -2.03. The fourth-order valence-electron chi connectivity index (χ4n) is 4.00. The quantitative estimate of drug-likeness (QED) is 0.112. The van der Waals surface area contributed by atoms with Gasteiger partial charge in [0.2, 0.25) is 0 Å². The average molecular weight is 672 g/mol. The van der Waals surface area contributed by atoms with Gasteiger partial charge in [0.15, 0.2) is 10.6 Å². The number of aryl methyl sites for hydroxylation is 1. The Morgan fingerprint density at radius 2 is 1.30 bits per heavy atom. The van der Waals surface area contributed by atoms with Crippen molar-refractivity contribution in [3.05, 3.63) is 65.7 Å². The first-order valence-corrected chi connectivity index (χ1v) is 16.0. The lowest BCUT2D eigenvalue weighted by atomic mass is 10.1. The summed E-state index contributed by atoms with van der Waals surface area (Å²) in [6.07, 6.45) is 0. The molecular formula is C24H19F2N5O10S3. The minimum atomic E-state index is -5.33. The Morgan fingerprint density at radius 1 is 0.682 bits per heavy atom. The number of hydrogen-bond donors (Lipinski definition) is 5. The van der Waals surface area contributed by atoms with Crippen LogP contribution in [0.5, 0.6) is 5.75 Å². The maximum Gasteiger partial charge on any atom is 0.299 e. The minimum Gasteiger partial charge on any atom is -0.505 e. The zero-order valence-corrected chi connectivity index (χ0v) is 24.6. The predicted molar refractivity (Wildman–Crippen MR) is 150 cm³/mol. The monoisotopic (exact) mass is 671 g/mol. The van der Waals surface area contributed by atoms with E-state index in [0.29, 0.717) is 11.6 Å². The third kappa shape index (κ3) is 6.54. The normalized spacial score (nSPS) is 12.9. The van der Waals surface area contributed by atoms with E-state index in [1.54, 1.807) is 6.92 Å². The van der Waals surface area contributed by atoms with Crippen molar-refractivity contribution in [3.8, 4) is 5.75 Å². The number of phenolic OH excluding ortho intramolecular Hbond substituents is 1. The second-order valence-electron chi connectivity index (χ2n) is 8.91. The SMILES string of the molecule is CNc1ccc2c(O)c(N=Nc3cc(F)cc(F)c3S(=O)(=O)O)c(S(=O)(=O)O)cc2c1N=Nc1ccc(C)cc1S(=O)(=O)O. The number of phenols is 1. The van der Waals surface area contributed by atoms with E-state index < -0.39 is 73.8 Å². The molecule has 0 aromatic heterocycles. The Morgan fingerprint density at radius 3 is 1.89 bits per heavy atom. The summed E-state index contributed by atoms with van der Waals surface area (Å²) in [5.41, 5.74) is -2.00. The number of nitrogens with one attached hydrogen (secondary N) is 1. The van der Waals surface area contributed by atoms with E-state index in [-0.39, 0.29) is 33.9 Å². The fourth-order valence-corrected chi connectivity index (χ4v) is 6.03. The molecule has 0 fully saturated rings. The molecule has 0 saturated carbocycles. The molecule has 0 aliphatic carbocycles. The van der Waals surface area contributed by atoms with Crippen molar-refractivity contribution in [3.63, 3.8) is 0 Å². The van der Waals surface area contributed by atoms with Gasteiger partial charge in [-0.3, -0.25) is 13.7 Å². The Hall–Kier alpha value is -4.47. The number of benzene rings is 4. The average Bonchev–Trinajstić information content (AvgIpc) is 2.89. The van der Waals surface area contributed by atoms with Gasteiger partial charge in [0.25, 0.3) is 30.4 Å². The number of rotatable bonds is 8. The number of aromatic hydroxyl groups is 1. The zero-order valence-electron chi connectivity index (χ0n) is 22.1. The summed E-state index contributed by atoms with van der Waals surface area (Å²) < 4.78 is 129. The number of anilines is 1. The van der Waals surface area contributed by atoms with Crippen molar-refractivity contribution in [1.82, 2.24) is 0 Å². The smallest absolute Gasteiger partial charge is 0.299 e. The van der Waals surface area contributed by atoms with Gasteiger partial charge in [-0.25, -0.2) is 8.78 Å². The Bertz CT molecular complexity index is 2240. The minimum absolute atomic E-state index is 0.129. The van der Waals surface area contributed by atoms with Crippen molar-refractivity contribution >= 4 is 69.6 Å². The van der Waals surface area contributed by atoms with E-state index >= 15 is 0 Å². The third-order valence-corrected chi connectivity index (χ3v) is 8.58. The van der Waals surface area contributed by atoms with Gasteiger partial charge < -0.3 is 10.4 Å². The molecular weight excluding hydrogens is 652 g/mol. The van der Waals surface area contributed by atoms with Crippen LogP contribution in [0, 0.1) is 18.6 Å². The molecule has 44 heavy (non-hydrogen) atoms. The summed E-state index contributed by atoms with van der Waals surface area (Å²) in [7, 11) is -13.9. The fraction of sp³-hybridized carbons (Fsp3) is 0.0833. The van der Waals surface area contributed by atoms with Gasteiger partial charge >= 0.3 is 0 Å². The molecule has 0 heterocycles. The summed E-state index contributed by atoms with van der Waals surface area (Å²) in [4.78, 5) is -3.22. The topological polar surface area (TPSA) is 245 Å². The van der Waals surface area contributed by atoms with Crippen LogP contribution >= 0.6 is 0 Å². The lowest BCUT2D eigenvalue weighted by Gasteiger charge is -2.13. The maximum atomic E-state index is 14.2. The highest BCUT2D eigenvalue weighted by Crippen LogP contribution is 2.47. The predicted octanol–water partition coefficient (Wildman–Crippen LogP) is 5.74.